The van der Waals surface area contributed by atoms with E-state index in [1.54, 1.807) is 6.07 Å². The summed E-state index contributed by atoms with van der Waals surface area (Å²) in [5, 5.41) is 8.96. The molecule has 0 atom stereocenters. The first-order chi connectivity index (χ1) is 15.5. The number of amides is 2. The van der Waals surface area contributed by atoms with Crippen molar-refractivity contribution in [3.8, 4) is 5.75 Å². The number of carbonyl (C=O) groups is 1. The van der Waals surface area contributed by atoms with Gasteiger partial charge in [0.25, 0.3) is 0 Å². The fraction of sp³-hybridized carbons (Fsp3) is 0.292. The molecule has 1 heterocycles. The summed E-state index contributed by atoms with van der Waals surface area (Å²) < 4.78 is 5.54. The van der Waals surface area contributed by atoms with Crippen LogP contribution in [0.4, 0.5) is 33.5 Å². The highest BCUT2D eigenvalue weighted by Crippen LogP contribution is 2.24. The summed E-state index contributed by atoms with van der Waals surface area (Å²) in [5.74, 6) is 2.96. The Kier molecular flexibility index (Phi) is 7.85. The Morgan fingerprint density at radius 3 is 2.31 bits per heavy atom. The molecule has 0 aliphatic rings. The number of rotatable bonds is 9. The van der Waals surface area contributed by atoms with E-state index in [2.05, 4.69) is 44.7 Å². The average molecular weight is 435 g/mol. The largest absolute Gasteiger partial charge is 0.492 e. The number of urea groups is 1. The monoisotopic (exact) mass is 434 g/mol. The molecule has 3 rings (SSSR count). The van der Waals surface area contributed by atoms with Crippen LogP contribution in [-0.4, -0.2) is 35.7 Å². The second-order valence-electron chi connectivity index (χ2n) is 7.04. The van der Waals surface area contributed by atoms with Gasteiger partial charge in [-0.15, -0.1) is 0 Å². The first kappa shape index (κ1) is 22.9. The Hall–Kier alpha value is -3.81. The third-order valence-electron chi connectivity index (χ3n) is 4.76. The van der Waals surface area contributed by atoms with Gasteiger partial charge in [0.2, 0.25) is 0 Å². The van der Waals surface area contributed by atoms with E-state index < -0.39 is 0 Å². The maximum atomic E-state index is 12.4. The minimum absolute atomic E-state index is 0.340. The number of benzene rings is 2. The first-order valence-electron chi connectivity index (χ1n) is 10.8. The van der Waals surface area contributed by atoms with Crippen molar-refractivity contribution in [3.05, 3.63) is 60.4 Å². The molecule has 32 heavy (non-hydrogen) atoms. The van der Waals surface area contributed by atoms with E-state index >= 15 is 0 Å². The van der Waals surface area contributed by atoms with Crippen LogP contribution in [-0.2, 0) is 0 Å². The molecular formula is C24H30N6O2. The van der Waals surface area contributed by atoms with Gasteiger partial charge in [0.05, 0.1) is 12.3 Å². The minimum atomic E-state index is -0.340. The van der Waals surface area contributed by atoms with Gasteiger partial charge in [0.15, 0.2) is 0 Å². The number of aromatic nitrogens is 2. The summed E-state index contributed by atoms with van der Waals surface area (Å²) in [6, 6.07) is 16.4. The summed E-state index contributed by atoms with van der Waals surface area (Å²) in [6.07, 6.45) is 0. The third kappa shape index (κ3) is 6.10. The fourth-order valence-corrected chi connectivity index (χ4v) is 3.25. The lowest BCUT2D eigenvalue weighted by molar-refractivity contribution is 0.262. The second-order valence-corrected chi connectivity index (χ2v) is 7.04. The van der Waals surface area contributed by atoms with Crippen molar-refractivity contribution >= 4 is 34.7 Å². The summed E-state index contributed by atoms with van der Waals surface area (Å²) in [4.78, 5) is 23.6. The number of ether oxygens (including phenoxy) is 1. The third-order valence-corrected chi connectivity index (χ3v) is 4.76. The topological polar surface area (TPSA) is 91.4 Å². The lowest BCUT2D eigenvalue weighted by Crippen LogP contribution is -2.23. The van der Waals surface area contributed by atoms with Gasteiger partial charge in [-0.1, -0.05) is 12.1 Å². The highest BCUT2D eigenvalue weighted by atomic mass is 16.5. The highest BCUT2D eigenvalue weighted by molar-refractivity contribution is 6.00. The van der Waals surface area contributed by atoms with Crippen molar-refractivity contribution in [2.24, 2.45) is 0 Å². The second kappa shape index (κ2) is 11.0. The molecular weight excluding hydrogens is 404 g/mol. The van der Waals surface area contributed by atoms with Crippen molar-refractivity contribution in [3.63, 3.8) is 0 Å². The Labute approximate surface area is 189 Å². The number of aryl methyl sites for hydroxylation is 1. The first-order valence-corrected chi connectivity index (χ1v) is 10.8. The summed E-state index contributed by atoms with van der Waals surface area (Å²) in [7, 11) is 0. The van der Waals surface area contributed by atoms with E-state index in [4.69, 9.17) is 4.74 Å². The number of para-hydroxylation sites is 2. The smallest absolute Gasteiger partial charge is 0.323 e. The van der Waals surface area contributed by atoms with Crippen molar-refractivity contribution < 1.29 is 9.53 Å². The van der Waals surface area contributed by atoms with Crippen LogP contribution in [0.2, 0.25) is 0 Å². The van der Waals surface area contributed by atoms with Gasteiger partial charge in [-0.25, -0.2) is 14.8 Å². The zero-order chi connectivity index (χ0) is 22.9. The molecule has 8 nitrogen and oxygen atoms in total. The molecule has 0 bridgehead atoms. The van der Waals surface area contributed by atoms with E-state index in [0.717, 1.165) is 30.4 Å². The van der Waals surface area contributed by atoms with Crippen molar-refractivity contribution in [1.82, 2.24) is 9.97 Å². The molecule has 168 valence electrons. The molecule has 0 fully saturated rings. The van der Waals surface area contributed by atoms with Crippen LogP contribution in [0.15, 0.2) is 54.6 Å². The van der Waals surface area contributed by atoms with Crippen LogP contribution < -0.4 is 25.6 Å². The Balaban J connectivity index is 1.64. The van der Waals surface area contributed by atoms with E-state index in [0.29, 0.717) is 29.6 Å². The molecule has 2 aromatic carbocycles. The molecule has 0 radical (unpaired) electrons. The van der Waals surface area contributed by atoms with Crippen molar-refractivity contribution in [1.29, 1.82) is 0 Å². The van der Waals surface area contributed by atoms with E-state index in [1.165, 1.54) is 0 Å². The molecule has 2 amide bonds. The van der Waals surface area contributed by atoms with Gasteiger partial charge in [-0.3, -0.25) is 0 Å². The summed E-state index contributed by atoms with van der Waals surface area (Å²) in [5.41, 5.74) is 2.15. The van der Waals surface area contributed by atoms with Crippen LogP contribution in [0, 0.1) is 6.92 Å². The molecule has 8 heteroatoms. The SMILES string of the molecule is CCOc1ccccc1NC(=O)Nc1ccc(Nc2cc(N(CC)CC)nc(C)n2)cc1. The zero-order valence-corrected chi connectivity index (χ0v) is 19.0. The van der Waals surface area contributed by atoms with Crippen LogP contribution in [0.25, 0.3) is 0 Å². The molecule has 3 N–H and O–H groups in total. The standard InChI is InChI=1S/C24H30N6O2/c1-5-30(6-2)23-16-22(25-17(4)26-23)27-18-12-14-19(15-13-18)28-24(31)29-20-10-8-9-11-21(20)32-7-3/h8-16H,5-7H2,1-4H3,(H,25,26,27)(H2,28,29,31). The molecule has 0 aliphatic carbocycles. The molecule has 0 saturated carbocycles. The van der Waals surface area contributed by atoms with E-state index in [9.17, 15) is 4.79 Å². The molecule has 3 aromatic rings. The number of nitrogens with zero attached hydrogens (tertiary/aromatic N) is 3. The van der Waals surface area contributed by atoms with Crippen LogP contribution in [0.1, 0.15) is 26.6 Å². The number of carbonyl (C=O) groups excluding carboxylic acids is 1. The fourth-order valence-electron chi connectivity index (χ4n) is 3.25. The van der Waals surface area contributed by atoms with Crippen molar-refractivity contribution in [2.75, 3.05) is 40.5 Å². The summed E-state index contributed by atoms with van der Waals surface area (Å²) in [6.45, 7) is 10.3. The Morgan fingerprint density at radius 1 is 0.938 bits per heavy atom. The predicted molar refractivity (Wildman–Crippen MR) is 130 cm³/mol. The number of nitrogens with one attached hydrogen (secondary N) is 3. The lowest BCUT2D eigenvalue weighted by atomic mass is 10.2. The normalized spacial score (nSPS) is 10.4. The van der Waals surface area contributed by atoms with Gasteiger partial charge in [0, 0.05) is 30.5 Å². The van der Waals surface area contributed by atoms with Crippen LogP contribution in [0.5, 0.6) is 5.75 Å². The van der Waals surface area contributed by atoms with E-state index in [-0.39, 0.29) is 6.03 Å². The van der Waals surface area contributed by atoms with Gasteiger partial charge < -0.3 is 25.6 Å². The number of anilines is 5. The molecule has 0 unspecified atom stereocenters. The Morgan fingerprint density at radius 2 is 1.62 bits per heavy atom. The van der Waals surface area contributed by atoms with Gasteiger partial charge in [-0.2, -0.15) is 0 Å². The van der Waals surface area contributed by atoms with Crippen LogP contribution in [0.3, 0.4) is 0 Å². The van der Waals surface area contributed by atoms with Crippen molar-refractivity contribution in [2.45, 2.75) is 27.7 Å². The molecule has 0 spiro atoms. The molecule has 1 aromatic heterocycles. The summed E-state index contributed by atoms with van der Waals surface area (Å²) >= 11 is 0. The lowest BCUT2D eigenvalue weighted by Gasteiger charge is -2.20. The van der Waals surface area contributed by atoms with Gasteiger partial charge >= 0.3 is 6.03 Å². The van der Waals surface area contributed by atoms with Gasteiger partial charge in [-0.05, 0) is 64.1 Å². The molecule has 0 aliphatic heterocycles. The van der Waals surface area contributed by atoms with E-state index in [1.807, 2.05) is 62.4 Å². The highest BCUT2D eigenvalue weighted by Gasteiger charge is 2.09. The predicted octanol–water partition coefficient (Wildman–Crippen LogP) is 5.42. The Bertz CT molecular complexity index is 1030. The maximum Gasteiger partial charge on any atom is 0.323 e. The molecule has 0 saturated heterocycles. The number of hydrogen-bond acceptors (Lipinski definition) is 6. The maximum absolute atomic E-state index is 12.4. The minimum Gasteiger partial charge on any atom is -0.492 e. The average Bonchev–Trinajstić information content (AvgIpc) is 2.77. The zero-order valence-electron chi connectivity index (χ0n) is 19.0. The quantitative estimate of drug-likeness (QED) is 0.417. The number of hydrogen-bond donors (Lipinski definition) is 3. The van der Waals surface area contributed by atoms with Gasteiger partial charge in [0.1, 0.15) is 23.2 Å². The van der Waals surface area contributed by atoms with Crippen LogP contribution >= 0.6 is 0 Å².